The molecule has 0 radical (unpaired) electrons. The Hall–Kier alpha value is -3.54. The Balaban J connectivity index is 0.000000173. The Labute approximate surface area is 239 Å². The quantitative estimate of drug-likeness (QED) is 0.142. The molecule has 0 nitrogen and oxygen atoms in total. The molecule has 178 valence electrons. The molecule has 0 bridgehead atoms. The van der Waals surface area contributed by atoms with Crippen LogP contribution < -0.4 is 0 Å². The van der Waals surface area contributed by atoms with E-state index in [0.29, 0.717) is 0 Å². The summed E-state index contributed by atoms with van der Waals surface area (Å²) in [5.41, 5.74) is 6.52. The van der Waals surface area contributed by atoms with E-state index in [2.05, 4.69) is 128 Å². The number of fused-ring (bicyclic) bond motifs is 2. The summed E-state index contributed by atoms with van der Waals surface area (Å²) in [6.07, 6.45) is 6.11. The van der Waals surface area contributed by atoms with E-state index in [-0.39, 0.29) is 26.2 Å². The van der Waals surface area contributed by atoms with Gasteiger partial charge in [0.25, 0.3) is 0 Å². The number of benzene rings is 4. The van der Waals surface area contributed by atoms with Gasteiger partial charge in [-0.2, -0.15) is 12.1 Å². The van der Waals surface area contributed by atoms with Gasteiger partial charge in [0.15, 0.2) is 0 Å². The molecule has 0 unspecified atom stereocenters. The normalized spacial score (nSPS) is 10.3. The Kier molecular flexibility index (Phi) is 9.42. The minimum atomic E-state index is 0. The molecule has 6 aromatic carbocycles. The van der Waals surface area contributed by atoms with Crippen molar-refractivity contribution >= 4 is 27.1 Å². The van der Waals surface area contributed by atoms with E-state index < -0.39 is 0 Å². The predicted octanol–water partition coefficient (Wildman–Crippen LogP) is 9.52. The first-order valence-corrected chi connectivity index (χ1v) is 12.5. The number of aryl methyl sites for hydroxylation is 2. The molecule has 0 atom stereocenters. The monoisotopic (exact) mass is 552 g/mol. The van der Waals surface area contributed by atoms with Gasteiger partial charge in [0, 0.05) is 0 Å². The van der Waals surface area contributed by atoms with Crippen molar-refractivity contribution in [3.8, 4) is 0 Å². The van der Waals surface area contributed by atoms with Gasteiger partial charge in [-0.25, -0.2) is 0 Å². The molecule has 37 heavy (non-hydrogen) atoms. The number of rotatable bonds is 6. The third-order valence-electron chi connectivity index (χ3n) is 6.51. The number of hydrogen-bond acceptors (Lipinski definition) is 0. The molecule has 0 aliphatic heterocycles. The largest absolute Gasteiger partial charge is 2.00 e. The second kappa shape index (κ2) is 13.1. The third-order valence-corrected chi connectivity index (χ3v) is 6.51. The second-order valence-electron chi connectivity index (χ2n) is 9.03. The van der Waals surface area contributed by atoms with Gasteiger partial charge in [-0.15, -0.1) is 81.2 Å². The van der Waals surface area contributed by atoms with Crippen LogP contribution in [0.4, 0.5) is 0 Å². The van der Waals surface area contributed by atoms with Gasteiger partial charge in [0.05, 0.1) is 0 Å². The Morgan fingerprint density at radius 3 is 1.38 bits per heavy atom. The van der Waals surface area contributed by atoms with Crippen LogP contribution in [-0.2, 0) is 39.0 Å². The van der Waals surface area contributed by atoms with Crippen LogP contribution in [0.15, 0.2) is 152 Å². The summed E-state index contributed by atoms with van der Waals surface area (Å²) in [7, 11) is 0. The molecule has 6 rings (SSSR count). The van der Waals surface area contributed by atoms with E-state index in [1.54, 1.807) is 0 Å². The van der Waals surface area contributed by atoms with Crippen LogP contribution >= 0.6 is 0 Å². The van der Waals surface area contributed by atoms with Gasteiger partial charge in [0.1, 0.15) is 0 Å². The molecule has 0 aromatic heterocycles. The molecule has 0 amide bonds. The second-order valence-corrected chi connectivity index (χ2v) is 9.03. The maximum atomic E-state index is 3.78. The molecule has 6 aromatic rings. The molecule has 0 saturated heterocycles. The summed E-state index contributed by atoms with van der Waals surface area (Å²) in [6.45, 7) is 3.78. The third kappa shape index (κ3) is 6.82. The van der Waals surface area contributed by atoms with Gasteiger partial charge in [0.2, 0.25) is 0 Å². The first-order chi connectivity index (χ1) is 17.8. The van der Waals surface area contributed by atoms with E-state index >= 15 is 0 Å². The summed E-state index contributed by atoms with van der Waals surface area (Å²) in [6, 6.07) is 47.2. The van der Waals surface area contributed by atoms with Crippen molar-refractivity contribution in [2.24, 2.45) is 0 Å². The van der Waals surface area contributed by atoms with E-state index in [1.165, 1.54) is 49.4 Å². The maximum absolute atomic E-state index is 3.78. The maximum Gasteiger partial charge on any atom is 2.00 e. The molecular weight excluding hydrogens is 524 g/mol. The van der Waals surface area contributed by atoms with Crippen LogP contribution in [0.5, 0.6) is 0 Å². The van der Waals surface area contributed by atoms with Crippen LogP contribution in [0, 0.1) is 0 Å². The van der Waals surface area contributed by atoms with Crippen molar-refractivity contribution < 1.29 is 26.2 Å². The molecular formula is C36H30Zr. The van der Waals surface area contributed by atoms with E-state index in [4.69, 9.17) is 0 Å². The van der Waals surface area contributed by atoms with Crippen molar-refractivity contribution in [2.45, 2.75) is 12.8 Å². The predicted molar refractivity (Wildman–Crippen MR) is 157 cm³/mol. The van der Waals surface area contributed by atoms with E-state index in [1.807, 2.05) is 24.3 Å². The van der Waals surface area contributed by atoms with Crippen LogP contribution in [0.3, 0.4) is 0 Å². The molecule has 0 aliphatic carbocycles. The van der Waals surface area contributed by atoms with Crippen molar-refractivity contribution in [3.63, 3.8) is 0 Å². The SMILES string of the molecule is C=CC=C(c1ccccc1)c1ccccc1.[Zr+2].c1ccc2[cH-]c(CCc3cc4ccccc4[cH-]3)cc2c1. The Bertz CT molecular complexity index is 1400. The fourth-order valence-electron chi connectivity index (χ4n) is 4.72. The fourth-order valence-corrected chi connectivity index (χ4v) is 4.72. The topological polar surface area (TPSA) is 0 Å². The van der Waals surface area contributed by atoms with E-state index in [9.17, 15) is 0 Å². The summed E-state index contributed by atoms with van der Waals surface area (Å²) in [4.78, 5) is 0. The Morgan fingerprint density at radius 2 is 0.973 bits per heavy atom. The average molecular weight is 554 g/mol. The van der Waals surface area contributed by atoms with Crippen molar-refractivity contribution in [3.05, 3.63) is 174 Å². The van der Waals surface area contributed by atoms with Gasteiger partial charge >= 0.3 is 26.2 Å². The van der Waals surface area contributed by atoms with Crippen molar-refractivity contribution in [1.82, 2.24) is 0 Å². The van der Waals surface area contributed by atoms with Gasteiger partial charge in [-0.3, -0.25) is 0 Å². The first-order valence-electron chi connectivity index (χ1n) is 12.5. The van der Waals surface area contributed by atoms with Crippen LogP contribution in [0.25, 0.3) is 27.1 Å². The van der Waals surface area contributed by atoms with Crippen LogP contribution in [0.2, 0.25) is 0 Å². The van der Waals surface area contributed by atoms with Crippen LogP contribution in [-0.4, -0.2) is 0 Å². The minimum Gasteiger partial charge on any atom is -0.165 e. The molecule has 0 saturated carbocycles. The molecule has 0 fully saturated rings. The van der Waals surface area contributed by atoms with Gasteiger partial charge < -0.3 is 0 Å². The smallest absolute Gasteiger partial charge is 0.165 e. The summed E-state index contributed by atoms with van der Waals surface area (Å²) in [5, 5.41) is 5.43. The van der Waals surface area contributed by atoms with Crippen LogP contribution in [0.1, 0.15) is 22.3 Å². The molecule has 0 heterocycles. The average Bonchev–Trinajstić information content (AvgIpc) is 3.55. The van der Waals surface area contributed by atoms with Gasteiger partial charge in [-0.1, -0.05) is 91.5 Å². The standard InChI is InChI=1S/C20H16.C16H14.Zr/c1-2-6-18-12-15(11-17(18)5-1)9-10-16-13-19-7-3-4-8-20(19)14-16;1-2-9-16(14-10-5-3-6-11-14)15-12-7-4-8-13-15;/h1-8,11-14H,9-10H2;2-13H,1H2;/q-2;;+2. The number of hydrogen-bond donors (Lipinski definition) is 0. The zero-order valence-electron chi connectivity index (χ0n) is 21.0. The van der Waals surface area contributed by atoms with E-state index in [0.717, 1.165) is 12.8 Å². The van der Waals surface area contributed by atoms with Crippen molar-refractivity contribution in [2.75, 3.05) is 0 Å². The van der Waals surface area contributed by atoms with Crippen molar-refractivity contribution in [1.29, 1.82) is 0 Å². The Morgan fingerprint density at radius 1 is 0.568 bits per heavy atom. The van der Waals surface area contributed by atoms with Gasteiger partial charge in [-0.05, 0) is 29.5 Å². The minimum absolute atomic E-state index is 0. The summed E-state index contributed by atoms with van der Waals surface area (Å²) < 4.78 is 0. The zero-order valence-corrected chi connectivity index (χ0v) is 23.4. The summed E-state index contributed by atoms with van der Waals surface area (Å²) in [5.74, 6) is 0. The molecule has 0 N–H and O–H groups in total. The molecule has 0 spiro atoms. The number of allylic oxidation sites excluding steroid dienone is 2. The zero-order chi connectivity index (χ0) is 24.6. The molecule has 0 aliphatic rings. The first kappa shape index (κ1) is 26.5. The summed E-state index contributed by atoms with van der Waals surface area (Å²) >= 11 is 0. The molecule has 1 heteroatoms. The fraction of sp³-hybridized carbons (Fsp3) is 0.0556.